The molecule has 2 bridgehead atoms. The van der Waals surface area contributed by atoms with Gasteiger partial charge in [-0.1, -0.05) is 66.2 Å². The number of unbranched alkanes of at least 4 members (excludes halogenated alkanes) is 3. The van der Waals surface area contributed by atoms with Crippen LogP contribution in [-0.2, 0) is 19.0 Å². The Morgan fingerprint density at radius 1 is 1.03 bits per heavy atom. The van der Waals surface area contributed by atoms with Crippen LogP contribution < -0.4 is 0 Å². The molecule has 190 valence electrons. The average molecular weight is 487 g/mol. The van der Waals surface area contributed by atoms with E-state index in [-0.39, 0.29) is 0 Å². The normalized spacial score (nSPS) is 21.2. The Morgan fingerprint density at radius 3 is 2.21 bits per heavy atom. The van der Waals surface area contributed by atoms with Crippen LogP contribution in [0.2, 0.25) is 0 Å². The maximum atomic E-state index is 13.1. The van der Waals surface area contributed by atoms with Gasteiger partial charge in [0, 0.05) is 18.6 Å². The minimum Gasteiger partial charge on any atom is -0.305 e. The largest absolute Gasteiger partial charge is 0.437 e. The number of piperidine rings is 1. The van der Waals surface area contributed by atoms with Gasteiger partial charge < -0.3 is 4.90 Å². The van der Waals surface area contributed by atoms with Crippen molar-refractivity contribution in [2.45, 2.75) is 122 Å². The number of fused-ring (bicyclic) bond motifs is 2. The van der Waals surface area contributed by atoms with Gasteiger partial charge in [-0.3, -0.25) is 0 Å². The number of carbonyl (C=O) groups is 1. The molecule has 2 rings (SSSR count). The molecule has 0 aliphatic carbocycles. The molecule has 2 aliphatic heterocycles. The highest BCUT2D eigenvalue weighted by Gasteiger charge is 2.48. The van der Waals surface area contributed by atoms with E-state index in [4.69, 9.17) is 8.57 Å². The molecule has 1 unspecified atom stereocenters. The fourth-order valence-electron chi connectivity index (χ4n) is 4.97. The average Bonchev–Trinajstić information content (AvgIpc) is 3.03. The number of hydrogen-bond donors (Lipinski definition) is 0. The maximum absolute atomic E-state index is 13.1. The van der Waals surface area contributed by atoms with Gasteiger partial charge in [-0.05, 0) is 38.5 Å². The number of carbonyl (C=O) groups excluding carboxylic acids is 1. The van der Waals surface area contributed by atoms with Gasteiger partial charge in [0.25, 0.3) is 0 Å². The van der Waals surface area contributed by atoms with Crippen molar-refractivity contribution in [3.05, 3.63) is 0 Å². The van der Waals surface area contributed by atoms with Gasteiger partial charge in [0.1, 0.15) is 6.04 Å². The Bertz CT molecular complexity index is 761. The van der Waals surface area contributed by atoms with Crippen molar-refractivity contribution < 1.29 is 21.8 Å². The summed E-state index contributed by atoms with van der Waals surface area (Å²) in [7, 11) is -4.52. The first-order chi connectivity index (χ1) is 15.8. The molecule has 10 heteroatoms. The van der Waals surface area contributed by atoms with Crippen molar-refractivity contribution >= 4 is 16.4 Å². The molecule has 0 aromatic heterocycles. The van der Waals surface area contributed by atoms with E-state index in [0.29, 0.717) is 25.9 Å². The van der Waals surface area contributed by atoms with Crippen molar-refractivity contribution in [2.75, 3.05) is 13.1 Å². The lowest BCUT2D eigenvalue weighted by molar-refractivity contribution is -0.172. The monoisotopic (exact) mass is 486 g/mol. The van der Waals surface area contributed by atoms with E-state index in [0.717, 1.165) is 69.3 Å². The highest BCUT2D eigenvalue weighted by Crippen LogP contribution is 2.36. The molecule has 0 spiro atoms. The van der Waals surface area contributed by atoms with E-state index in [9.17, 15) is 18.5 Å². The summed E-state index contributed by atoms with van der Waals surface area (Å²) in [5.74, 6) is 0. The van der Waals surface area contributed by atoms with E-state index in [1.54, 1.807) is 5.06 Å². The molecule has 2 fully saturated rings. The minimum atomic E-state index is -4.52. The van der Waals surface area contributed by atoms with Gasteiger partial charge in [0.05, 0.1) is 12.1 Å². The number of nitrogens with zero attached hydrogens (tertiary/aromatic N) is 4. The number of amides is 2. The lowest BCUT2D eigenvalue weighted by Crippen LogP contribution is -2.51. The van der Waals surface area contributed by atoms with Gasteiger partial charge in [-0.25, -0.2) is 4.79 Å². The summed E-state index contributed by atoms with van der Waals surface area (Å²) in [4.78, 5) is 14.1. The van der Waals surface area contributed by atoms with Gasteiger partial charge in [-0.2, -0.15) is 28.1 Å². The number of nitriles is 1. The molecular formula is C23H42N4O5S. The van der Waals surface area contributed by atoms with E-state index in [1.165, 1.54) is 4.90 Å². The Balaban J connectivity index is 2.25. The van der Waals surface area contributed by atoms with Crippen LogP contribution in [0.25, 0.3) is 0 Å². The third kappa shape index (κ3) is 7.04. The number of rotatable bonds is 16. The van der Waals surface area contributed by atoms with Crippen molar-refractivity contribution in [3.63, 3.8) is 0 Å². The standard InChI is InChI=1S/C23H42N4O5S/c1-5-9-15-23(14-8-4,16-10-6-2)26(17-11-7-3)31-33(29,30)32-27-21-13-12-20(18-24)25(19-21)22(27)28/h20-21H,5-17,19H2,1-4H3/t20-,21?/m0/s1. The highest BCUT2D eigenvalue weighted by molar-refractivity contribution is 7.81. The van der Waals surface area contributed by atoms with Crippen LogP contribution in [0.5, 0.6) is 0 Å². The fourth-order valence-corrected chi connectivity index (χ4v) is 5.83. The van der Waals surface area contributed by atoms with E-state index >= 15 is 0 Å². The van der Waals surface area contributed by atoms with Crippen LogP contribution in [0.4, 0.5) is 4.79 Å². The first-order valence-corrected chi connectivity index (χ1v) is 14.0. The second-order valence-electron chi connectivity index (χ2n) is 9.33. The summed E-state index contributed by atoms with van der Waals surface area (Å²) in [5, 5.41) is 11.8. The lowest BCUT2D eigenvalue weighted by Gasteiger charge is -2.43. The van der Waals surface area contributed by atoms with Gasteiger partial charge in [0.2, 0.25) is 0 Å². The SMILES string of the molecule is CCCCN(OS(=O)(=O)ON1C(=O)N2CC1CC[C@H]2C#N)C(CCC)(CCCC)CCCC. The number of hydrogen-bond acceptors (Lipinski definition) is 7. The Morgan fingerprint density at radius 2 is 1.67 bits per heavy atom. The first-order valence-electron chi connectivity index (χ1n) is 12.7. The fraction of sp³-hybridized carbons (Fsp3) is 0.913. The van der Waals surface area contributed by atoms with E-state index < -0.39 is 34.1 Å². The summed E-state index contributed by atoms with van der Waals surface area (Å²) >= 11 is 0. The Labute approximate surface area is 200 Å². The molecule has 33 heavy (non-hydrogen) atoms. The highest BCUT2D eigenvalue weighted by atomic mass is 32.3. The molecule has 2 aliphatic rings. The van der Waals surface area contributed by atoms with Crippen LogP contribution in [0.3, 0.4) is 0 Å². The molecular weight excluding hydrogens is 444 g/mol. The van der Waals surface area contributed by atoms with Crippen LogP contribution >= 0.6 is 0 Å². The quantitative estimate of drug-likeness (QED) is 0.286. The third-order valence-electron chi connectivity index (χ3n) is 6.78. The van der Waals surface area contributed by atoms with E-state index in [1.807, 2.05) is 0 Å². The predicted octanol–water partition coefficient (Wildman–Crippen LogP) is 4.91. The molecule has 2 atom stereocenters. The molecule has 0 N–H and O–H groups in total. The smallest absolute Gasteiger partial charge is 0.305 e. The van der Waals surface area contributed by atoms with Crippen molar-refractivity contribution in [3.8, 4) is 6.07 Å². The zero-order valence-electron chi connectivity index (χ0n) is 20.8. The molecule has 9 nitrogen and oxygen atoms in total. The third-order valence-corrected chi connectivity index (χ3v) is 7.48. The second-order valence-corrected chi connectivity index (χ2v) is 10.4. The van der Waals surface area contributed by atoms with Gasteiger partial charge >= 0.3 is 16.4 Å². The summed E-state index contributed by atoms with van der Waals surface area (Å²) in [6, 6.07) is 0.571. The lowest BCUT2D eigenvalue weighted by atomic mass is 9.82. The van der Waals surface area contributed by atoms with Crippen molar-refractivity contribution in [1.82, 2.24) is 15.0 Å². The molecule has 0 saturated carbocycles. The maximum Gasteiger partial charge on any atom is 0.437 e. The summed E-state index contributed by atoms with van der Waals surface area (Å²) in [5.41, 5.74) is -0.396. The molecule has 2 heterocycles. The van der Waals surface area contributed by atoms with Crippen LogP contribution in [-0.4, -0.2) is 60.2 Å². The molecule has 0 aromatic rings. The topological polar surface area (TPSA) is 103 Å². The van der Waals surface area contributed by atoms with Crippen LogP contribution in [0.1, 0.15) is 105 Å². The zero-order valence-corrected chi connectivity index (χ0v) is 21.6. The zero-order chi connectivity index (χ0) is 24.5. The molecule has 2 amide bonds. The first kappa shape index (κ1) is 27.8. The van der Waals surface area contributed by atoms with Gasteiger partial charge in [-0.15, -0.1) is 4.28 Å². The number of urea groups is 1. The van der Waals surface area contributed by atoms with E-state index in [2.05, 4.69) is 33.8 Å². The van der Waals surface area contributed by atoms with Crippen LogP contribution in [0, 0.1) is 11.3 Å². The van der Waals surface area contributed by atoms with Crippen LogP contribution in [0.15, 0.2) is 0 Å². The summed E-state index contributed by atoms with van der Waals surface area (Å²) in [6.45, 7) is 9.21. The number of hydroxylamine groups is 4. The molecule has 2 saturated heterocycles. The Hall–Kier alpha value is -1.41. The minimum absolute atomic E-state index is 0.291. The summed E-state index contributed by atoms with van der Waals surface area (Å²) < 4.78 is 37.1. The van der Waals surface area contributed by atoms with Gasteiger partial charge in [0.15, 0.2) is 0 Å². The predicted molar refractivity (Wildman–Crippen MR) is 126 cm³/mol. The van der Waals surface area contributed by atoms with Crippen molar-refractivity contribution in [1.29, 1.82) is 5.26 Å². The molecule has 0 radical (unpaired) electrons. The summed E-state index contributed by atoms with van der Waals surface area (Å²) in [6.07, 6.45) is 10.1. The second kappa shape index (κ2) is 12.9. The van der Waals surface area contributed by atoms with Crippen molar-refractivity contribution in [2.24, 2.45) is 0 Å². The Kier molecular flexibility index (Phi) is 10.9. The molecule has 0 aromatic carbocycles.